The molecule has 0 spiro atoms. The number of esters is 1. The van der Waals surface area contributed by atoms with Crippen LogP contribution in [0, 0.1) is 0 Å². The van der Waals surface area contributed by atoms with Crippen LogP contribution >= 0.6 is 46.0 Å². The zero-order chi connectivity index (χ0) is 19.4. The van der Waals surface area contributed by atoms with E-state index in [1.807, 2.05) is 23.0 Å². The minimum absolute atomic E-state index is 0.217. The Morgan fingerprint density at radius 1 is 1.26 bits per heavy atom. The molecule has 0 aliphatic rings. The van der Waals surface area contributed by atoms with Gasteiger partial charge < -0.3 is 9.30 Å². The summed E-state index contributed by atoms with van der Waals surface area (Å²) in [6.07, 6.45) is 2.26. The fraction of sp³-hybridized carbons (Fsp3) is 0.278. The predicted molar refractivity (Wildman–Crippen MR) is 113 cm³/mol. The van der Waals surface area contributed by atoms with Gasteiger partial charge >= 0.3 is 5.97 Å². The Kier molecular flexibility index (Phi) is 6.75. The molecule has 2 aromatic heterocycles. The molecule has 1 amide bonds. The van der Waals surface area contributed by atoms with E-state index in [0.29, 0.717) is 14.7 Å². The van der Waals surface area contributed by atoms with E-state index in [-0.39, 0.29) is 18.3 Å². The number of hydrogen-bond acceptors (Lipinski definition) is 6. The van der Waals surface area contributed by atoms with Crippen molar-refractivity contribution in [2.75, 3.05) is 19.1 Å². The highest BCUT2D eigenvalue weighted by atomic mass is 35.5. The molecule has 3 rings (SSSR count). The van der Waals surface area contributed by atoms with E-state index >= 15 is 0 Å². The number of thiazole rings is 1. The number of aromatic nitrogens is 1. The van der Waals surface area contributed by atoms with Crippen molar-refractivity contribution in [2.24, 2.45) is 4.99 Å². The summed E-state index contributed by atoms with van der Waals surface area (Å²) in [4.78, 5) is 30.1. The average molecular weight is 441 g/mol. The van der Waals surface area contributed by atoms with Gasteiger partial charge in [0.1, 0.15) is 0 Å². The van der Waals surface area contributed by atoms with Crippen LogP contribution in [0.15, 0.2) is 35.3 Å². The van der Waals surface area contributed by atoms with Crippen LogP contribution in [0.4, 0.5) is 0 Å². The van der Waals surface area contributed by atoms with Gasteiger partial charge in [-0.15, -0.1) is 11.3 Å². The van der Waals surface area contributed by atoms with Crippen molar-refractivity contribution in [3.8, 4) is 0 Å². The van der Waals surface area contributed by atoms with Gasteiger partial charge in [-0.2, -0.15) is 16.8 Å². The number of nitrogens with zero attached hydrogens (tertiary/aromatic N) is 2. The summed E-state index contributed by atoms with van der Waals surface area (Å²) >= 11 is 10.4. The zero-order valence-corrected chi connectivity index (χ0v) is 17.9. The van der Waals surface area contributed by atoms with E-state index < -0.39 is 0 Å². The topological polar surface area (TPSA) is 60.7 Å². The van der Waals surface area contributed by atoms with E-state index in [1.54, 1.807) is 30.0 Å². The summed E-state index contributed by atoms with van der Waals surface area (Å²) < 4.78 is 8.36. The maximum Gasteiger partial charge on any atom is 0.337 e. The zero-order valence-electron chi connectivity index (χ0n) is 14.7. The van der Waals surface area contributed by atoms with Crippen molar-refractivity contribution in [2.45, 2.75) is 13.0 Å². The summed E-state index contributed by atoms with van der Waals surface area (Å²) in [5.74, 6) is 0.295. The minimum Gasteiger partial charge on any atom is -0.465 e. The van der Waals surface area contributed by atoms with Gasteiger partial charge in [-0.1, -0.05) is 22.9 Å². The molecule has 27 heavy (non-hydrogen) atoms. The quantitative estimate of drug-likeness (QED) is 0.538. The third kappa shape index (κ3) is 4.82. The van der Waals surface area contributed by atoms with Crippen LogP contribution in [0.5, 0.6) is 0 Å². The smallest absolute Gasteiger partial charge is 0.337 e. The number of amides is 1. The van der Waals surface area contributed by atoms with Gasteiger partial charge in [0.15, 0.2) is 4.80 Å². The van der Waals surface area contributed by atoms with Crippen molar-refractivity contribution in [1.29, 1.82) is 0 Å². The molecular weight excluding hydrogens is 424 g/mol. The van der Waals surface area contributed by atoms with E-state index in [1.165, 1.54) is 29.8 Å². The highest BCUT2D eigenvalue weighted by Crippen LogP contribution is 2.23. The third-order valence-corrected chi connectivity index (χ3v) is 6.66. The molecule has 0 radical (unpaired) electrons. The Bertz CT molecular complexity index is 1050. The van der Waals surface area contributed by atoms with Crippen LogP contribution in [-0.2, 0) is 22.5 Å². The number of thiophene rings is 1. The fourth-order valence-corrected chi connectivity index (χ4v) is 5.10. The molecule has 5 nitrogen and oxygen atoms in total. The molecule has 0 aliphatic carbocycles. The molecule has 0 saturated carbocycles. The Labute approximate surface area is 173 Å². The van der Waals surface area contributed by atoms with Crippen molar-refractivity contribution < 1.29 is 14.3 Å². The lowest BCUT2D eigenvalue weighted by molar-refractivity contribution is -0.117. The molecule has 0 unspecified atom stereocenters. The number of thioether (sulfide) groups is 1. The number of ether oxygens (including phenoxy) is 1. The van der Waals surface area contributed by atoms with E-state index in [0.717, 1.165) is 27.4 Å². The van der Waals surface area contributed by atoms with Crippen molar-refractivity contribution in [1.82, 2.24) is 4.57 Å². The molecule has 0 N–H and O–H groups in total. The third-order valence-electron chi connectivity index (χ3n) is 3.80. The second-order valence-electron chi connectivity index (χ2n) is 5.59. The number of carbonyl (C=O) groups is 2. The van der Waals surface area contributed by atoms with Crippen molar-refractivity contribution in [3.63, 3.8) is 0 Å². The number of hydrogen-bond donors (Lipinski definition) is 0. The summed E-state index contributed by atoms with van der Waals surface area (Å²) in [5, 5.41) is 0. The minimum atomic E-state index is -0.384. The molecule has 1 aromatic carbocycles. The monoisotopic (exact) mass is 440 g/mol. The maximum absolute atomic E-state index is 12.4. The second kappa shape index (κ2) is 9.05. The van der Waals surface area contributed by atoms with Crippen LogP contribution in [0.2, 0.25) is 4.34 Å². The predicted octanol–water partition coefficient (Wildman–Crippen LogP) is 4.24. The Morgan fingerprint density at radius 3 is 2.74 bits per heavy atom. The number of carbonyl (C=O) groups excluding carboxylic acids is 2. The maximum atomic E-state index is 12.4. The average Bonchev–Trinajstić information content (AvgIpc) is 3.21. The van der Waals surface area contributed by atoms with Crippen LogP contribution in [0.25, 0.3) is 10.2 Å². The normalized spacial score (nSPS) is 11.9. The molecule has 0 aliphatic heterocycles. The van der Waals surface area contributed by atoms with Gasteiger partial charge in [-0.05, 0) is 36.6 Å². The largest absolute Gasteiger partial charge is 0.465 e. The Balaban J connectivity index is 2.00. The number of methoxy groups -OCH3 is 1. The highest BCUT2D eigenvalue weighted by molar-refractivity contribution is 7.98. The summed E-state index contributed by atoms with van der Waals surface area (Å²) in [6, 6.07) is 9.01. The van der Waals surface area contributed by atoms with Crippen molar-refractivity contribution in [3.05, 3.63) is 49.9 Å². The number of rotatable bonds is 6. The number of fused-ring (bicyclic) bond motifs is 1. The molecule has 3 aromatic rings. The lowest BCUT2D eigenvalue weighted by atomic mass is 10.2. The second-order valence-corrected chi connectivity index (χ2v) is 9.39. The molecule has 0 saturated heterocycles. The molecule has 0 bridgehead atoms. The van der Waals surface area contributed by atoms with E-state index in [9.17, 15) is 9.59 Å². The number of halogens is 1. The Morgan fingerprint density at radius 2 is 2.07 bits per heavy atom. The first-order chi connectivity index (χ1) is 13.0. The van der Waals surface area contributed by atoms with Gasteiger partial charge in [0.2, 0.25) is 0 Å². The van der Waals surface area contributed by atoms with E-state index in [2.05, 4.69) is 4.99 Å². The van der Waals surface area contributed by atoms with Gasteiger partial charge in [-0.25, -0.2) is 4.79 Å². The lowest BCUT2D eigenvalue weighted by Crippen LogP contribution is -2.18. The van der Waals surface area contributed by atoms with Gasteiger partial charge in [0.05, 0.1) is 33.6 Å². The highest BCUT2D eigenvalue weighted by Gasteiger charge is 2.12. The van der Waals surface area contributed by atoms with Gasteiger partial charge in [-0.3, -0.25) is 4.79 Å². The van der Waals surface area contributed by atoms with Crippen molar-refractivity contribution >= 4 is 68.1 Å². The van der Waals surface area contributed by atoms with Crippen LogP contribution in [0.1, 0.15) is 15.2 Å². The first-order valence-corrected chi connectivity index (χ1v) is 11.4. The Hall–Kier alpha value is -1.61. The molecule has 9 heteroatoms. The molecular formula is C18H17ClN2O3S3. The van der Waals surface area contributed by atoms with Crippen LogP contribution < -0.4 is 4.80 Å². The van der Waals surface area contributed by atoms with Gasteiger partial charge in [0.25, 0.3) is 5.91 Å². The SMILES string of the molecule is COC(=O)c1ccc2c(c1)sc(=NC(=O)Cc1ccc(Cl)s1)n2CCSC. The molecule has 0 fully saturated rings. The molecule has 142 valence electrons. The molecule has 0 atom stereocenters. The summed E-state index contributed by atoms with van der Waals surface area (Å²) in [7, 11) is 1.36. The number of benzene rings is 1. The van der Waals surface area contributed by atoms with Crippen LogP contribution in [0.3, 0.4) is 0 Å². The standard InChI is InChI=1S/C18H17ClN2O3S3/c1-24-17(23)11-3-5-13-14(9-11)27-18(21(13)7-8-25-2)20-16(22)10-12-4-6-15(19)26-12/h3-6,9H,7-8,10H2,1-2H3. The lowest BCUT2D eigenvalue weighted by Gasteiger charge is -2.04. The molecule has 2 heterocycles. The number of aryl methyl sites for hydroxylation is 1. The first-order valence-electron chi connectivity index (χ1n) is 8.04. The first kappa shape index (κ1) is 20.1. The summed E-state index contributed by atoms with van der Waals surface area (Å²) in [5.41, 5.74) is 1.43. The summed E-state index contributed by atoms with van der Waals surface area (Å²) in [6.45, 7) is 0.732. The fourth-order valence-electron chi connectivity index (χ4n) is 2.54. The van der Waals surface area contributed by atoms with E-state index in [4.69, 9.17) is 16.3 Å². The van der Waals surface area contributed by atoms with Crippen LogP contribution in [-0.4, -0.2) is 35.6 Å². The van der Waals surface area contributed by atoms with Gasteiger partial charge in [0, 0.05) is 17.2 Å².